The molecule has 8 heteroatoms. The number of hydrogen-bond donors (Lipinski definition) is 2. The van der Waals surface area contributed by atoms with E-state index in [0.717, 1.165) is 11.3 Å². The molecule has 2 aromatic carbocycles. The monoisotopic (exact) mass is 442 g/mol. The van der Waals surface area contributed by atoms with Crippen LogP contribution in [-0.2, 0) is 11.3 Å². The van der Waals surface area contributed by atoms with Crippen molar-refractivity contribution in [3.8, 4) is 0 Å². The molecule has 1 aromatic heterocycles. The number of nitrogens with zero attached hydrogens (tertiary/aromatic N) is 2. The molecule has 0 saturated heterocycles. The van der Waals surface area contributed by atoms with E-state index < -0.39 is 6.04 Å². The third kappa shape index (κ3) is 6.11. The van der Waals surface area contributed by atoms with Crippen LogP contribution in [0.1, 0.15) is 22.3 Å². The Balaban J connectivity index is 1.64. The summed E-state index contributed by atoms with van der Waals surface area (Å²) in [5.41, 5.74) is 2.09. The summed E-state index contributed by atoms with van der Waals surface area (Å²) in [7, 11) is 0. The predicted molar refractivity (Wildman–Crippen MR) is 122 cm³/mol. The van der Waals surface area contributed by atoms with Gasteiger partial charge in [-0.25, -0.2) is 0 Å². The summed E-state index contributed by atoms with van der Waals surface area (Å²) in [5.74, 6) is 0.115. The number of rotatable bonds is 9. The van der Waals surface area contributed by atoms with Crippen LogP contribution in [0.25, 0.3) is 0 Å². The number of aromatic nitrogens is 2. The van der Waals surface area contributed by atoms with Crippen molar-refractivity contribution < 1.29 is 9.59 Å². The predicted octanol–water partition coefficient (Wildman–Crippen LogP) is 4.08. The summed E-state index contributed by atoms with van der Waals surface area (Å²) in [6, 6.07) is 15.6. The highest BCUT2D eigenvalue weighted by Gasteiger charge is 2.22. The molecule has 3 rings (SSSR count). The van der Waals surface area contributed by atoms with Gasteiger partial charge in [0.2, 0.25) is 5.91 Å². The van der Waals surface area contributed by atoms with Crippen LogP contribution in [0.2, 0.25) is 5.02 Å². The zero-order valence-electron chi connectivity index (χ0n) is 16.5. The zero-order valence-corrected chi connectivity index (χ0v) is 18.1. The Kier molecular flexibility index (Phi) is 7.93. The Morgan fingerprint density at radius 3 is 2.57 bits per heavy atom. The molecule has 0 saturated carbocycles. The van der Waals surface area contributed by atoms with Crippen LogP contribution < -0.4 is 10.6 Å². The molecule has 2 amide bonds. The van der Waals surface area contributed by atoms with Crippen LogP contribution in [0.5, 0.6) is 0 Å². The molecule has 1 unspecified atom stereocenters. The standard InChI is InChI=1S/C22H23ClN4O2S/c1-30-14-11-20(26-21(28)18-5-2-3-6-19(18)23)22(29)25-17-9-7-16(8-10-17)15-27-13-4-12-24-27/h2-10,12-13,20H,11,14-15H2,1H3,(H,25,29)(H,26,28). The first-order chi connectivity index (χ1) is 14.6. The van der Waals surface area contributed by atoms with Crippen molar-refractivity contribution in [2.75, 3.05) is 17.3 Å². The third-order valence-electron chi connectivity index (χ3n) is 4.48. The van der Waals surface area contributed by atoms with E-state index in [4.69, 9.17) is 11.6 Å². The van der Waals surface area contributed by atoms with Gasteiger partial charge in [-0.05, 0) is 54.3 Å². The Morgan fingerprint density at radius 2 is 1.90 bits per heavy atom. The van der Waals surface area contributed by atoms with Crippen molar-refractivity contribution in [1.82, 2.24) is 15.1 Å². The molecule has 0 radical (unpaired) electrons. The number of carbonyl (C=O) groups is 2. The van der Waals surface area contributed by atoms with Crippen molar-refractivity contribution in [3.05, 3.63) is 83.1 Å². The Bertz CT molecular complexity index is 977. The number of benzene rings is 2. The summed E-state index contributed by atoms with van der Waals surface area (Å²) in [5, 5.41) is 10.2. The molecule has 0 aliphatic rings. The van der Waals surface area contributed by atoms with Crippen molar-refractivity contribution >= 4 is 40.9 Å². The maximum Gasteiger partial charge on any atom is 0.253 e. The second-order valence-corrected chi connectivity index (χ2v) is 8.07. The fraction of sp³-hybridized carbons (Fsp3) is 0.227. The van der Waals surface area contributed by atoms with Gasteiger partial charge in [0.15, 0.2) is 0 Å². The molecule has 0 bridgehead atoms. The molecular formula is C22H23ClN4O2S. The van der Waals surface area contributed by atoms with Crippen molar-refractivity contribution in [2.45, 2.75) is 19.0 Å². The molecule has 30 heavy (non-hydrogen) atoms. The minimum absolute atomic E-state index is 0.260. The van der Waals surface area contributed by atoms with Crippen LogP contribution in [-0.4, -0.2) is 39.6 Å². The highest BCUT2D eigenvalue weighted by molar-refractivity contribution is 7.98. The van der Waals surface area contributed by atoms with Gasteiger partial charge in [0.1, 0.15) is 6.04 Å². The number of amides is 2. The Morgan fingerprint density at radius 1 is 1.13 bits per heavy atom. The van der Waals surface area contributed by atoms with Gasteiger partial charge in [0.25, 0.3) is 5.91 Å². The van der Waals surface area contributed by atoms with Crippen molar-refractivity contribution in [1.29, 1.82) is 0 Å². The largest absolute Gasteiger partial charge is 0.340 e. The van der Waals surface area contributed by atoms with Gasteiger partial charge < -0.3 is 10.6 Å². The summed E-state index contributed by atoms with van der Waals surface area (Å²) in [6.45, 7) is 0.658. The average molecular weight is 443 g/mol. The molecule has 0 spiro atoms. The quantitative estimate of drug-likeness (QED) is 0.523. The van der Waals surface area contributed by atoms with Crippen LogP contribution in [0, 0.1) is 0 Å². The highest BCUT2D eigenvalue weighted by Crippen LogP contribution is 2.16. The van der Waals surface area contributed by atoms with E-state index in [1.807, 2.05) is 47.5 Å². The van der Waals surface area contributed by atoms with Crippen LogP contribution in [0.15, 0.2) is 67.0 Å². The summed E-state index contributed by atoms with van der Waals surface area (Å²) in [6.07, 6.45) is 6.11. The first-order valence-electron chi connectivity index (χ1n) is 9.48. The maximum absolute atomic E-state index is 12.8. The van der Waals surface area contributed by atoms with E-state index in [1.54, 1.807) is 42.2 Å². The fourth-order valence-corrected chi connectivity index (χ4v) is 3.58. The van der Waals surface area contributed by atoms with Gasteiger partial charge in [0.05, 0.1) is 17.1 Å². The summed E-state index contributed by atoms with van der Waals surface area (Å²) in [4.78, 5) is 25.4. The van der Waals surface area contributed by atoms with Crippen LogP contribution >= 0.6 is 23.4 Å². The molecule has 3 aromatic rings. The lowest BCUT2D eigenvalue weighted by atomic mass is 10.1. The van der Waals surface area contributed by atoms with Gasteiger partial charge in [0, 0.05) is 18.1 Å². The molecule has 1 heterocycles. The summed E-state index contributed by atoms with van der Waals surface area (Å²) < 4.78 is 1.83. The smallest absolute Gasteiger partial charge is 0.253 e. The third-order valence-corrected chi connectivity index (χ3v) is 5.45. The van der Waals surface area contributed by atoms with Gasteiger partial charge >= 0.3 is 0 Å². The van der Waals surface area contributed by atoms with Crippen molar-refractivity contribution in [3.63, 3.8) is 0 Å². The van der Waals surface area contributed by atoms with E-state index in [9.17, 15) is 9.59 Å². The minimum atomic E-state index is -0.662. The van der Waals surface area contributed by atoms with Crippen LogP contribution in [0.4, 0.5) is 5.69 Å². The second kappa shape index (κ2) is 10.8. The fourth-order valence-electron chi connectivity index (χ4n) is 2.89. The molecular weight excluding hydrogens is 420 g/mol. The molecule has 2 N–H and O–H groups in total. The second-order valence-electron chi connectivity index (χ2n) is 6.68. The lowest BCUT2D eigenvalue weighted by Gasteiger charge is -2.19. The minimum Gasteiger partial charge on any atom is -0.340 e. The number of nitrogens with one attached hydrogen (secondary N) is 2. The topological polar surface area (TPSA) is 76.0 Å². The molecule has 156 valence electrons. The highest BCUT2D eigenvalue weighted by atomic mass is 35.5. The number of anilines is 1. The molecule has 0 aliphatic carbocycles. The lowest BCUT2D eigenvalue weighted by Crippen LogP contribution is -2.44. The Hall–Kier alpha value is -2.77. The number of thioether (sulfide) groups is 1. The molecule has 6 nitrogen and oxygen atoms in total. The summed E-state index contributed by atoms with van der Waals surface area (Å²) >= 11 is 7.73. The number of carbonyl (C=O) groups excluding carboxylic acids is 2. The Labute approximate surface area is 185 Å². The maximum atomic E-state index is 12.8. The first-order valence-corrected chi connectivity index (χ1v) is 11.3. The number of halogens is 1. The van der Waals surface area contributed by atoms with Crippen LogP contribution in [0.3, 0.4) is 0 Å². The van der Waals surface area contributed by atoms with Gasteiger partial charge in [-0.2, -0.15) is 16.9 Å². The van der Waals surface area contributed by atoms with Gasteiger partial charge in [-0.15, -0.1) is 0 Å². The molecule has 0 aliphatic heterocycles. The SMILES string of the molecule is CSCCC(NC(=O)c1ccccc1Cl)C(=O)Nc1ccc(Cn2cccn2)cc1. The van der Waals surface area contributed by atoms with E-state index >= 15 is 0 Å². The lowest BCUT2D eigenvalue weighted by molar-refractivity contribution is -0.118. The first kappa shape index (κ1) is 21.9. The van der Waals surface area contributed by atoms with E-state index in [-0.39, 0.29) is 11.8 Å². The van der Waals surface area contributed by atoms with Crippen molar-refractivity contribution in [2.24, 2.45) is 0 Å². The van der Waals surface area contributed by atoms with E-state index in [0.29, 0.717) is 29.2 Å². The molecule has 0 fully saturated rings. The molecule has 1 atom stereocenters. The average Bonchev–Trinajstić information content (AvgIpc) is 3.25. The van der Waals surface area contributed by atoms with Gasteiger partial charge in [-0.3, -0.25) is 14.3 Å². The zero-order chi connectivity index (χ0) is 21.3. The van der Waals surface area contributed by atoms with Gasteiger partial charge in [-0.1, -0.05) is 35.9 Å². The number of hydrogen-bond acceptors (Lipinski definition) is 4. The van der Waals surface area contributed by atoms with E-state index in [2.05, 4.69) is 15.7 Å². The normalized spacial score (nSPS) is 11.7. The van der Waals surface area contributed by atoms with E-state index in [1.165, 1.54) is 0 Å².